The third kappa shape index (κ3) is 6.60. The number of rotatable bonds is 6. The average molecular weight is 340 g/mol. The minimum absolute atomic E-state index is 0.284. The van der Waals surface area contributed by atoms with Crippen molar-refractivity contribution >= 4 is 18.0 Å². The first-order valence-corrected chi connectivity index (χ1v) is 8.20. The van der Waals surface area contributed by atoms with E-state index in [0.29, 0.717) is 19.4 Å². The maximum atomic E-state index is 12.4. The lowest BCUT2D eigenvalue weighted by Gasteiger charge is -2.40. The zero-order valence-corrected chi connectivity index (χ0v) is 15.0. The number of carboxylic acids is 1. The molecule has 1 rings (SSSR count). The summed E-state index contributed by atoms with van der Waals surface area (Å²) in [6.07, 6.45) is 3.18. The van der Waals surface area contributed by atoms with Crippen molar-refractivity contribution in [1.29, 1.82) is 0 Å². The summed E-state index contributed by atoms with van der Waals surface area (Å²) in [7, 11) is 0. The van der Waals surface area contributed by atoms with Crippen LogP contribution in [0.25, 0.3) is 0 Å². The van der Waals surface area contributed by atoms with Gasteiger partial charge in [-0.05, 0) is 39.5 Å². The van der Waals surface area contributed by atoms with Crippen LogP contribution in [0.4, 0.5) is 4.79 Å². The lowest BCUT2D eigenvalue weighted by Crippen LogP contribution is -2.60. The Kier molecular flexibility index (Phi) is 6.81. The molecule has 1 aliphatic rings. The predicted octanol–water partition coefficient (Wildman–Crippen LogP) is 2.17. The number of nitrogens with one attached hydrogen (secondary N) is 1. The molecule has 24 heavy (non-hydrogen) atoms. The van der Waals surface area contributed by atoms with Crippen molar-refractivity contribution in [2.45, 2.75) is 65.1 Å². The van der Waals surface area contributed by atoms with Gasteiger partial charge in [0.05, 0.1) is 0 Å². The third-order valence-corrected chi connectivity index (χ3v) is 3.47. The van der Waals surface area contributed by atoms with E-state index in [-0.39, 0.29) is 17.9 Å². The number of nitrogens with zero attached hydrogens (tertiary/aromatic N) is 1. The lowest BCUT2D eigenvalue weighted by molar-refractivity contribution is -0.132. The molecular formula is C17H28N2O5. The molecule has 0 aliphatic carbocycles. The van der Waals surface area contributed by atoms with E-state index in [4.69, 9.17) is 9.84 Å². The first-order valence-electron chi connectivity index (χ1n) is 8.20. The molecule has 1 saturated heterocycles. The number of hydrogen-bond donors (Lipinski definition) is 2. The number of aliphatic carboxylic acids is 1. The van der Waals surface area contributed by atoms with Gasteiger partial charge in [0.2, 0.25) is 5.91 Å². The summed E-state index contributed by atoms with van der Waals surface area (Å²) < 4.78 is 5.29. The molecular weight excluding hydrogens is 312 g/mol. The number of likely N-dealkylation sites (tertiary alicyclic amines) is 1. The lowest BCUT2D eigenvalue weighted by atomic mass is 10.00. The molecule has 0 bridgehead atoms. The van der Waals surface area contributed by atoms with Crippen LogP contribution in [0.15, 0.2) is 12.2 Å². The van der Waals surface area contributed by atoms with E-state index in [0.717, 1.165) is 6.08 Å². The van der Waals surface area contributed by atoms with Crippen molar-refractivity contribution < 1.29 is 24.2 Å². The summed E-state index contributed by atoms with van der Waals surface area (Å²) in [5.74, 6) is -1.05. The van der Waals surface area contributed by atoms with Crippen LogP contribution < -0.4 is 5.32 Å². The van der Waals surface area contributed by atoms with Crippen LogP contribution in [-0.4, -0.2) is 52.2 Å². The smallest absolute Gasteiger partial charge is 0.410 e. The Balaban J connectivity index is 2.66. The maximum Gasteiger partial charge on any atom is 0.410 e. The Hall–Kier alpha value is -2.05. The number of ether oxygens (including phenoxy) is 1. The highest BCUT2D eigenvalue weighted by Gasteiger charge is 2.40. The van der Waals surface area contributed by atoms with Gasteiger partial charge in [0.25, 0.3) is 0 Å². The Bertz CT molecular complexity index is 508. The molecule has 0 radical (unpaired) electrons. The minimum Gasteiger partial charge on any atom is -0.478 e. The third-order valence-electron chi connectivity index (χ3n) is 3.47. The Labute approximate surface area is 143 Å². The van der Waals surface area contributed by atoms with Crippen LogP contribution in [-0.2, 0) is 14.3 Å². The van der Waals surface area contributed by atoms with E-state index in [9.17, 15) is 14.4 Å². The van der Waals surface area contributed by atoms with Crippen LogP contribution in [0.5, 0.6) is 0 Å². The highest BCUT2D eigenvalue weighted by molar-refractivity contribution is 5.88. The molecule has 0 unspecified atom stereocenters. The monoisotopic (exact) mass is 340 g/mol. The van der Waals surface area contributed by atoms with Crippen LogP contribution in [0, 0.1) is 5.92 Å². The van der Waals surface area contributed by atoms with E-state index in [2.05, 4.69) is 5.32 Å². The number of carboxylic acid groups (broad SMARTS) is 1. The van der Waals surface area contributed by atoms with Crippen molar-refractivity contribution in [1.82, 2.24) is 10.2 Å². The molecule has 7 heteroatoms. The summed E-state index contributed by atoms with van der Waals surface area (Å²) >= 11 is 0. The normalized spacial score (nSPS) is 19.1. The first kappa shape index (κ1) is 20.0. The van der Waals surface area contributed by atoms with Gasteiger partial charge in [-0.25, -0.2) is 9.59 Å². The number of carbonyl (C=O) groups excluding carboxylic acids is 2. The summed E-state index contributed by atoms with van der Waals surface area (Å²) in [6.45, 7) is 9.78. The minimum atomic E-state index is -1.06. The fraction of sp³-hybridized carbons (Fsp3) is 0.706. The largest absolute Gasteiger partial charge is 0.478 e. The summed E-state index contributed by atoms with van der Waals surface area (Å²) in [6, 6.07) is -0.942. The molecule has 0 aromatic rings. The molecule has 2 N–H and O–H groups in total. The van der Waals surface area contributed by atoms with Gasteiger partial charge in [0.1, 0.15) is 11.6 Å². The zero-order valence-electron chi connectivity index (χ0n) is 15.0. The quantitative estimate of drug-likeness (QED) is 0.722. The molecule has 2 amide bonds. The second-order valence-corrected chi connectivity index (χ2v) is 7.42. The topological polar surface area (TPSA) is 95.9 Å². The van der Waals surface area contributed by atoms with Gasteiger partial charge < -0.3 is 15.2 Å². The van der Waals surface area contributed by atoms with E-state index >= 15 is 0 Å². The van der Waals surface area contributed by atoms with E-state index in [1.165, 1.54) is 11.0 Å². The molecule has 0 aromatic heterocycles. The number of carbonyl (C=O) groups is 3. The highest BCUT2D eigenvalue weighted by atomic mass is 16.6. The fourth-order valence-corrected chi connectivity index (χ4v) is 2.37. The van der Waals surface area contributed by atoms with Crippen molar-refractivity contribution in [3.63, 3.8) is 0 Å². The molecule has 1 heterocycles. The number of hydrogen-bond acceptors (Lipinski definition) is 4. The molecule has 1 fully saturated rings. The van der Waals surface area contributed by atoms with Crippen LogP contribution in [0.1, 0.15) is 47.5 Å². The second-order valence-electron chi connectivity index (χ2n) is 7.42. The molecule has 136 valence electrons. The summed E-state index contributed by atoms with van der Waals surface area (Å²) in [5, 5.41) is 11.6. The molecule has 2 atom stereocenters. The van der Waals surface area contributed by atoms with Gasteiger partial charge in [0.15, 0.2) is 0 Å². The number of amides is 2. The van der Waals surface area contributed by atoms with E-state index < -0.39 is 23.7 Å². The van der Waals surface area contributed by atoms with Crippen molar-refractivity contribution in [3.8, 4) is 0 Å². The summed E-state index contributed by atoms with van der Waals surface area (Å²) in [5.41, 5.74) is -0.613. The van der Waals surface area contributed by atoms with E-state index in [1.807, 2.05) is 13.8 Å². The van der Waals surface area contributed by atoms with Crippen LogP contribution in [0.2, 0.25) is 0 Å². The van der Waals surface area contributed by atoms with Gasteiger partial charge in [-0.3, -0.25) is 9.69 Å². The van der Waals surface area contributed by atoms with E-state index in [1.54, 1.807) is 20.8 Å². The zero-order chi connectivity index (χ0) is 18.5. The maximum absolute atomic E-state index is 12.4. The SMILES string of the molecule is CC(C)C[C@@H](/C=C/C(=O)O)NC(=O)[C@@H]1CCN1C(=O)OC(C)(C)C. The molecule has 7 nitrogen and oxygen atoms in total. The Morgan fingerprint density at radius 2 is 1.96 bits per heavy atom. The average Bonchev–Trinajstić information content (AvgIpc) is 2.31. The summed E-state index contributed by atoms with van der Waals surface area (Å²) in [4.78, 5) is 36.5. The molecule has 1 aliphatic heterocycles. The second kappa shape index (κ2) is 8.17. The van der Waals surface area contributed by atoms with Gasteiger partial charge in [0, 0.05) is 18.7 Å². The van der Waals surface area contributed by atoms with Gasteiger partial charge in [-0.15, -0.1) is 0 Å². The van der Waals surface area contributed by atoms with Gasteiger partial charge in [-0.1, -0.05) is 19.9 Å². The molecule has 0 saturated carbocycles. The van der Waals surface area contributed by atoms with Gasteiger partial charge in [-0.2, -0.15) is 0 Å². The predicted molar refractivity (Wildman–Crippen MR) is 89.5 cm³/mol. The van der Waals surface area contributed by atoms with Crippen LogP contribution in [0.3, 0.4) is 0 Å². The highest BCUT2D eigenvalue weighted by Crippen LogP contribution is 2.22. The standard InChI is InChI=1S/C17H28N2O5/c1-11(2)10-12(6-7-14(20)21)18-15(22)13-8-9-19(13)16(23)24-17(3,4)5/h6-7,11-13H,8-10H2,1-5H3,(H,18,22)(H,20,21)/b7-6+/t12-,13+/m1/s1. The Morgan fingerprint density at radius 3 is 2.38 bits per heavy atom. The van der Waals surface area contributed by atoms with Crippen molar-refractivity contribution in [2.75, 3.05) is 6.54 Å². The first-order chi connectivity index (χ1) is 11.0. The van der Waals surface area contributed by atoms with Gasteiger partial charge >= 0.3 is 12.1 Å². The van der Waals surface area contributed by atoms with Crippen LogP contribution >= 0.6 is 0 Å². The molecule has 0 spiro atoms. The van der Waals surface area contributed by atoms with Crippen molar-refractivity contribution in [3.05, 3.63) is 12.2 Å². The fourth-order valence-electron chi connectivity index (χ4n) is 2.37. The molecule has 0 aromatic carbocycles. The van der Waals surface area contributed by atoms with Crippen molar-refractivity contribution in [2.24, 2.45) is 5.92 Å². The Morgan fingerprint density at radius 1 is 1.33 bits per heavy atom.